The Morgan fingerprint density at radius 1 is 1.00 bits per heavy atom. The number of aromatic hydroxyl groups is 1. The van der Waals surface area contributed by atoms with Crippen LogP contribution in [0.3, 0.4) is 0 Å². The first-order valence-electron chi connectivity index (χ1n) is 10.6. The van der Waals surface area contributed by atoms with Crippen LogP contribution in [0.4, 0.5) is 5.69 Å². The first kappa shape index (κ1) is 21.6. The molecule has 1 amide bonds. The monoisotopic (exact) mass is 407 g/mol. The van der Waals surface area contributed by atoms with Crippen molar-refractivity contribution in [1.82, 2.24) is 4.57 Å². The van der Waals surface area contributed by atoms with Gasteiger partial charge in [0, 0.05) is 11.8 Å². The summed E-state index contributed by atoms with van der Waals surface area (Å²) in [5, 5.41) is 19.4. The van der Waals surface area contributed by atoms with Gasteiger partial charge < -0.3 is 14.4 Å². The molecular formula is C24H29N3O3. The zero-order valence-corrected chi connectivity index (χ0v) is 17.5. The molecule has 0 unspecified atom stereocenters. The molecule has 0 bridgehead atoms. The summed E-state index contributed by atoms with van der Waals surface area (Å²) in [4.78, 5) is 12.1. The average Bonchev–Trinajstić information content (AvgIpc) is 3.04. The Kier molecular flexibility index (Phi) is 8.01. The van der Waals surface area contributed by atoms with Crippen LogP contribution in [-0.2, 0) is 11.3 Å². The highest BCUT2D eigenvalue weighted by molar-refractivity contribution is 5.95. The Balaban J connectivity index is 1.67. The molecule has 30 heavy (non-hydrogen) atoms. The third-order valence-corrected chi connectivity index (χ3v) is 5.00. The second kappa shape index (κ2) is 11.1. The van der Waals surface area contributed by atoms with Gasteiger partial charge in [-0.1, -0.05) is 69.0 Å². The molecule has 0 aliphatic carbocycles. The number of azo groups is 1. The van der Waals surface area contributed by atoms with Crippen molar-refractivity contribution in [2.24, 2.45) is 10.2 Å². The van der Waals surface area contributed by atoms with E-state index in [1.54, 1.807) is 4.57 Å². The Morgan fingerprint density at radius 2 is 1.73 bits per heavy atom. The maximum absolute atomic E-state index is 12.1. The van der Waals surface area contributed by atoms with E-state index in [4.69, 9.17) is 4.74 Å². The largest absolute Gasteiger partial charge is 0.493 e. The molecule has 0 saturated heterocycles. The Labute approximate surface area is 177 Å². The van der Waals surface area contributed by atoms with Crippen molar-refractivity contribution in [1.29, 1.82) is 0 Å². The molecule has 1 heterocycles. The van der Waals surface area contributed by atoms with E-state index in [-0.39, 0.29) is 11.8 Å². The predicted octanol–water partition coefficient (Wildman–Crippen LogP) is 6.40. The van der Waals surface area contributed by atoms with E-state index in [2.05, 4.69) is 17.2 Å². The van der Waals surface area contributed by atoms with Gasteiger partial charge in [0.05, 0.1) is 12.1 Å². The fraction of sp³-hybridized carbons (Fsp3) is 0.375. The third-order valence-electron chi connectivity index (χ3n) is 5.00. The van der Waals surface area contributed by atoms with Crippen LogP contribution in [0.5, 0.6) is 11.6 Å². The third kappa shape index (κ3) is 5.69. The molecule has 3 aromatic rings. The normalized spacial score (nSPS) is 11.4. The Bertz CT molecular complexity index is 980. The van der Waals surface area contributed by atoms with Crippen LogP contribution in [0.1, 0.15) is 45.4 Å². The number of fused-ring (bicyclic) bond motifs is 1. The molecule has 0 spiro atoms. The number of carbonyl (C=O) groups is 1. The first-order chi connectivity index (χ1) is 14.7. The van der Waals surface area contributed by atoms with Gasteiger partial charge in [0.25, 0.3) is 5.91 Å². The summed E-state index contributed by atoms with van der Waals surface area (Å²) >= 11 is 0. The van der Waals surface area contributed by atoms with Gasteiger partial charge in [-0.2, -0.15) is 0 Å². The molecule has 0 atom stereocenters. The summed E-state index contributed by atoms with van der Waals surface area (Å²) in [6, 6.07) is 17.1. The first-order valence-corrected chi connectivity index (χ1v) is 10.6. The standard InChI is InChI=1S/C24H29N3O3/c1-2-3-4-5-9-16-22(28)25-26-23-20-14-10-11-15-21(20)27(24(23)29)17-18-30-19-12-7-6-8-13-19/h6-8,10-15,29H,2-5,9,16-18H2,1H3. The van der Waals surface area contributed by atoms with Gasteiger partial charge in [0.15, 0.2) is 5.69 Å². The average molecular weight is 408 g/mol. The topological polar surface area (TPSA) is 76.2 Å². The number of unbranched alkanes of at least 4 members (excludes halogenated alkanes) is 4. The van der Waals surface area contributed by atoms with E-state index in [1.165, 1.54) is 12.8 Å². The van der Waals surface area contributed by atoms with Gasteiger partial charge in [-0.05, 0) is 24.6 Å². The number of hydrogen-bond acceptors (Lipinski definition) is 4. The summed E-state index contributed by atoms with van der Waals surface area (Å²) in [5.74, 6) is 0.514. The molecule has 158 valence electrons. The quantitative estimate of drug-likeness (QED) is 0.295. The van der Waals surface area contributed by atoms with E-state index < -0.39 is 0 Å². The van der Waals surface area contributed by atoms with Crippen LogP contribution in [0.2, 0.25) is 0 Å². The molecule has 3 rings (SSSR count). The van der Waals surface area contributed by atoms with Gasteiger partial charge in [0.2, 0.25) is 5.88 Å². The lowest BCUT2D eigenvalue weighted by Gasteiger charge is -2.09. The zero-order valence-electron chi connectivity index (χ0n) is 17.5. The van der Waals surface area contributed by atoms with Gasteiger partial charge in [0.1, 0.15) is 12.4 Å². The van der Waals surface area contributed by atoms with Crippen molar-refractivity contribution < 1.29 is 14.6 Å². The number of hydrogen-bond donors (Lipinski definition) is 1. The number of ether oxygens (including phenoxy) is 1. The van der Waals surface area contributed by atoms with E-state index in [0.29, 0.717) is 25.3 Å². The van der Waals surface area contributed by atoms with Crippen LogP contribution in [0.15, 0.2) is 64.8 Å². The van der Waals surface area contributed by atoms with Gasteiger partial charge >= 0.3 is 0 Å². The predicted molar refractivity (Wildman–Crippen MR) is 118 cm³/mol. The van der Waals surface area contributed by atoms with Crippen molar-refractivity contribution in [3.63, 3.8) is 0 Å². The number of amides is 1. The van der Waals surface area contributed by atoms with Crippen LogP contribution < -0.4 is 4.74 Å². The van der Waals surface area contributed by atoms with E-state index >= 15 is 0 Å². The summed E-state index contributed by atoms with van der Waals surface area (Å²) < 4.78 is 7.49. The van der Waals surface area contributed by atoms with E-state index in [9.17, 15) is 9.90 Å². The lowest BCUT2D eigenvalue weighted by atomic mass is 10.1. The summed E-state index contributed by atoms with van der Waals surface area (Å²) in [6.07, 6.45) is 5.74. The highest BCUT2D eigenvalue weighted by Crippen LogP contribution is 2.38. The lowest BCUT2D eigenvalue weighted by Crippen LogP contribution is -2.07. The van der Waals surface area contributed by atoms with Crippen molar-refractivity contribution in [2.75, 3.05) is 6.61 Å². The number of aromatic nitrogens is 1. The van der Waals surface area contributed by atoms with Gasteiger partial charge in [-0.15, -0.1) is 10.2 Å². The van der Waals surface area contributed by atoms with Crippen molar-refractivity contribution in [2.45, 2.75) is 52.0 Å². The van der Waals surface area contributed by atoms with Crippen LogP contribution in [0.25, 0.3) is 10.9 Å². The number of para-hydroxylation sites is 2. The second-order valence-corrected chi connectivity index (χ2v) is 7.26. The minimum Gasteiger partial charge on any atom is -0.493 e. The number of rotatable bonds is 11. The summed E-state index contributed by atoms with van der Waals surface area (Å²) in [5.41, 5.74) is 1.15. The molecular weight excluding hydrogens is 378 g/mol. The molecule has 0 fully saturated rings. The maximum Gasteiger partial charge on any atom is 0.264 e. The lowest BCUT2D eigenvalue weighted by molar-refractivity contribution is -0.118. The van der Waals surface area contributed by atoms with Gasteiger partial charge in [-0.25, -0.2) is 0 Å². The molecule has 0 aliphatic heterocycles. The summed E-state index contributed by atoms with van der Waals surface area (Å²) in [6.45, 7) is 3.00. The molecule has 0 aliphatic rings. The van der Waals surface area contributed by atoms with Crippen LogP contribution in [-0.4, -0.2) is 22.2 Å². The fourth-order valence-corrected chi connectivity index (χ4v) is 3.40. The highest BCUT2D eigenvalue weighted by Gasteiger charge is 2.16. The molecule has 6 nitrogen and oxygen atoms in total. The molecule has 0 saturated carbocycles. The van der Waals surface area contributed by atoms with Crippen molar-refractivity contribution >= 4 is 22.5 Å². The Hall–Kier alpha value is -3.15. The minimum absolute atomic E-state index is 0.00708. The number of benzene rings is 2. The zero-order chi connectivity index (χ0) is 21.2. The molecule has 1 N–H and O–H groups in total. The fourth-order valence-electron chi connectivity index (χ4n) is 3.40. The number of carbonyl (C=O) groups excluding carboxylic acids is 1. The van der Waals surface area contributed by atoms with E-state index in [0.717, 1.165) is 35.9 Å². The molecule has 2 aromatic carbocycles. The number of nitrogens with zero attached hydrogens (tertiary/aromatic N) is 3. The van der Waals surface area contributed by atoms with Crippen LogP contribution in [0, 0.1) is 0 Å². The molecule has 1 aromatic heterocycles. The molecule has 0 radical (unpaired) electrons. The smallest absolute Gasteiger partial charge is 0.264 e. The van der Waals surface area contributed by atoms with Gasteiger partial charge in [-0.3, -0.25) is 4.79 Å². The maximum atomic E-state index is 12.1. The van der Waals surface area contributed by atoms with E-state index in [1.807, 2.05) is 54.6 Å². The van der Waals surface area contributed by atoms with Crippen molar-refractivity contribution in [3.05, 3.63) is 54.6 Å². The SMILES string of the molecule is CCCCCCCC(=O)N=Nc1c(O)n(CCOc2ccccc2)c2ccccc12. The second-order valence-electron chi connectivity index (χ2n) is 7.26. The summed E-state index contributed by atoms with van der Waals surface area (Å²) in [7, 11) is 0. The van der Waals surface area contributed by atoms with Crippen LogP contribution >= 0.6 is 0 Å². The minimum atomic E-state index is -0.254. The Morgan fingerprint density at radius 3 is 2.53 bits per heavy atom. The highest BCUT2D eigenvalue weighted by atomic mass is 16.5. The molecule has 6 heteroatoms. The van der Waals surface area contributed by atoms with Crippen molar-refractivity contribution in [3.8, 4) is 11.6 Å².